The maximum Gasteiger partial charge on any atom is 0.0981 e. The summed E-state index contributed by atoms with van der Waals surface area (Å²) in [6, 6.07) is 6.23. The summed E-state index contributed by atoms with van der Waals surface area (Å²) in [6.07, 6.45) is -0.105. The lowest BCUT2D eigenvalue weighted by molar-refractivity contribution is -0.0103. The van der Waals surface area contributed by atoms with Crippen LogP contribution in [0.3, 0.4) is 0 Å². The molecule has 1 aliphatic rings. The van der Waals surface area contributed by atoms with E-state index in [-0.39, 0.29) is 12.7 Å². The van der Waals surface area contributed by atoms with Gasteiger partial charge < -0.3 is 20.5 Å². The minimum absolute atomic E-state index is 0.0601. The number of anilines is 2. The normalized spacial score (nSPS) is 25.0. The molecule has 0 bridgehead atoms. The predicted molar refractivity (Wildman–Crippen MR) is 69.2 cm³/mol. The second-order valence-electron chi connectivity index (χ2n) is 4.69. The van der Waals surface area contributed by atoms with Crippen LogP contribution in [0.2, 0.25) is 0 Å². The molecule has 0 aromatic heterocycles. The number of aliphatic hydroxyl groups is 1. The Kier molecular flexibility index (Phi) is 3.54. The number of nitrogens with two attached hydrogens (primary N) is 1. The number of nitrogens with zero attached hydrogens (tertiary/aromatic N) is 1. The molecule has 1 saturated heterocycles. The van der Waals surface area contributed by atoms with Crippen molar-refractivity contribution < 1.29 is 9.84 Å². The number of rotatable bonds is 2. The van der Waals surface area contributed by atoms with E-state index in [9.17, 15) is 5.11 Å². The summed E-state index contributed by atoms with van der Waals surface area (Å²) >= 11 is 0. The number of hydrogen-bond acceptors (Lipinski definition) is 4. The number of aliphatic hydroxyl groups excluding tert-OH is 1. The van der Waals surface area contributed by atoms with Gasteiger partial charge in [-0.3, -0.25) is 0 Å². The Labute approximate surface area is 102 Å². The number of ether oxygens (including phenoxy) is 1. The average molecular weight is 236 g/mol. The molecule has 94 valence electrons. The Morgan fingerprint density at radius 1 is 1.53 bits per heavy atom. The van der Waals surface area contributed by atoms with Crippen LogP contribution in [0.15, 0.2) is 18.2 Å². The zero-order chi connectivity index (χ0) is 12.4. The molecule has 2 rings (SSSR count). The Balaban J connectivity index is 2.27. The molecule has 0 aliphatic carbocycles. The summed E-state index contributed by atoms with van der Waals surface area (Å²) in [7, 11) is 0. The zero-order valence-electron chi connectivity index (χ0n) is 10.4. The van der Waals surface area contributed by atoms with Gasteiger partial charge in [-0.25, -0.2) is 0 Å². The molecule has 0 radical (unpaired) electrons. The first-order chi connectivity index (χ1) is 8.11. The van der Waals surface area contributed by atoms with Crippen molar-refractivity contribution in [1.82, 2.24) is 0 Å². The summed E-state index contributed by atoms with van der Waals surface area (Å²) in [5.41, 5.74) is 8.94. The summed E-state index contributed by atoms with van der Waals surface area (Å²) in [4.78, 5) is 2.26. The molecule has 1 aliphatic heterocycles. The van der Waals surface area contributed by atoms with Crippen molar-refractivity contribution in [2.24, 2.45) is 0 Å². The molecule has 3 N–H and O–H groups in total. The lowest BCUT2D eigenvalue weighted by Crippen LogP contribution is -2.49. The van der Waals surface area contributed by atoms with E-state index in [0.717, 1.165) is 11.4 Å². The van der Waals surface area contributed by atoms with Crippen molar-refractivity contribution in [2.45, 2.75) is 26.0 Å². The zero-order valence-corrected chi connectivity index (χ0v) is 10.4. The van der Waals surface area contributed by atoms with Crippen molar-refractivity contribution in [3.8, 4) is 0 Å². The third-order valence-electron chi connectivity index (χ3n) is 3.25. The first kappa shape index (κ1) is 12.2. The third kappa shape index (κ3) is 2.53. The lowest BCUT2D eigenvalue weighted by Gasteiger charge is -2.39. The Morgan fingerprint density at radius 2 is 2.29 bits per heavy atom. The van der Waals surface area contributed by atoms with E-state index in [2.05, 4.69) is 18.7 Å². The fraction of sp³-hybridized carbons (Fsp3) is 0.538. The summed E-state index contributed by atoms with van der Waals surface area (Å²) in [6.45, 7) is 5.60. The van der Waals surface area contributed by atoms with Crippen LogP contribution in [0.25, 0.3) is 0 Å². The second kappa shape index (κ2) is 4.94. The molecule has 17 heavy (non-hydrogen) atoms. The maximum absolute atomic E-state index is 9.19. The highest BCUT2D eigenvalue weighted by molar-refractivity contribution is 5.61. The van der Waals surface area contributed by atoms with Crippen LogP contribution in [0.1, 0.15) is 12.5 Å². The van der Waals surface area contributed by atoms with Gasteiger partial charge in [0.05, 0.1) is 19.3 Å². The van der Waals surface area contributed by atoms with Crippen LogP contribution >= 0.6 is 0 Å². The van der Waals surface area contributed by atoms with Crippen molar-refractivity contribution in [3.05, 3.63) is 23.8 Å². The molecule has 1 fully saturated rings. The first-order valence-electron chi connectivity index (χ1n) is 5.97. The van der Waals surface area contributed by atoms with Gasteiger partial charge in [-0.1, -0.05) is 6.07 Å². The van der Waals surface area contributed by atoms with Gasteiger partial charge >= 0.3 is 0 Å². The van der Waals surface area contributed by atoms with E-state index < -0.39 is 0 Å². The molecule has 1 aromatic carbocycles. The van der Waals surface area contributed by atoms with Gasteiger partial charge in [-0.05, 0) is 31.5 Å². The third-order valence-corrected chi connectivity index (χ3v) is 3.25. The SMILES string of the molecule is Cc1ccc(N)cc1N1CC(CO)OCC1C. The highest BCUT2D eigenvalue weighted by atomic mass is 16.5. The van der Waals surface area contributed by atoms with Gasteiger partial charge in [-0.2, -0.15) is 0 Å². The molecule has 0 spiro atoms. The first-order valence-corrected chi connectivity index (χ1v) is 5.97. The van der Waals surface area contributed by atoms with Gasteiger partial charge in [0.25, 0.3) is 0 Å². The summed E-state index contributed by atoms with van der Waals surface area (Å²) in [5, 5.41) is 9.19. The number of hydrogen-bond donors (Lipinski definition) is 2. The standard InChI is InChI=1S/C13H20N2O2/c1-9-3-4-11(14)5-13(9)15-6-12(7-16)17-8-10(15)2/h3-5,10,12,16H,6-8,14H2,1-2H3. The number of morpholine rings is 1. The molecular weight excluding hydrogens is 216 g/mol. The smallest absolute Gasteiger partial charge is 0.0981 e. The molecule has 1 heterocycles. The average Bonchev–Trinajstić information content (AvgIpc) is 2.33. The van der Waals surface area contributed by atoms with E-state index in [0.29, 0.717) is 19.2 Å². The van der Waals surface area contributed by atoms with Crippen LogP contribution in [0.4, 0.5) is 11.4 Å². The van der Waals surface area contributed by atoms with Crippen LogP contribution < -0.4 is 10.6 Å². The van der Waals surface area contributed by atoms with E-state index in [1.807, 2.05) is 18.2 Å². The van der Waals surface area contributed by atoms with Crippen molar-refractivity contribution >= 4 is 11.4 Å². The fourth-order valence-corrected chi connectivity index (χ4v) is 2.20. The van der Waals surface area contributed by atoms with E-state index in [1.165, 1.54) is 5.56 Å². The van der Waals surface area contributed by atoms with Crippen molar-refractivity contribution in [3.63, 3.8) is 0 Å². The maximum atomic E-state index is 9.19. The topological polar surface area (TPSA) is 58.7 Å². The van der Waals surface area contributed by atoms with Crippen molar-refractivity contribution in [1.29, 1.82) is 0 Å². The van der Waals surface area contributed by atoms with Gasteiger partial charge in [0, 0.05) is 24.0 Å². The van der Waals surface area contributed by atoms with E-state index >= 15 is 0 Å². The van der Waals surface area contributed by atoms with Crippen LogP contribution in [-0.2, 0) is 4.74 Å². The lowest BCUT2D eigenvalue weighted by atomic mass is 10.1. The monoisotopic (exact) mass is 236 g/mol. The Hall–Kier alpha value is -1.26. The van der Waals surface area contributed by atoms with Gasteiger partial charge in [-0.15, -0.1) is 0 Å². The molecular formula is C13H20N2O2. The van der Waals surface area contributed by atoms with Crippen LogP contribution in [0, 0.1) is 6.92 Å². The molecule has 4 heteroatoms. The predicted octanol–water partition coefficient (Wildman–Crippen LogP) is 1.16. The minimum Gasteiger partial charge on any atom is -0.399 e. The summed E-state index contributed by atoms with van der Waals surface area (Å²) in [5.74, 6) is 0. The second-order valence-corrected chi connectivity index (χ2v) is 4.69. The van der Waals surface area contributed by atoms with Crippen LogP contribution in [0.5, 0.6) is 0 Å². The fourth-order valence-electron chi connectivity index (χ4n) is 2.20. The highest BCUT2D eigenvalue weighted by Gasteiger charge is 2.26. The molecule has 0 amide bonds. The van der Waals surface area contributed by atoms with E-state index in [4.69, 9.17) is 10.5 Å². The number of benzene rings is 1. The molecule has 2 atom stereocenters. The quantitative estimate of drug-likeness (QED) is 0.757. The molecule has 4 nitrogen and oxygen atoms in total. The number of aryl methyl sites for hydroxylation is 1. The Bertz CT molecular complexity index is 395. The highest BCUT2D eigenvalue weighted by Crippen LogP contribution is 2.27. The largest absolute Gasteiger partial charge is 0.399 e. The van der Waals surface area contributed by atoms with Crippen LogP contribution in [-0.4, -0.2) is 37.0 Å². The van der Waals surface area contributed by atoms with Gasteiger partial charge in [0.2, 0.25) is 0 Å². The van der Waals surface area contributed by atoms with Gasteiger partial charge in [0.15, 0.2) is 0 Å². The molecule has 2 unspecified atom stereocenters. The minimum atomic E-state index is -0.105. The number of nitrogen functional groups attached to an aromatic ring is 1. The Morgan fingerprint density at radius 3 is 3.00 bits per heavy atom. The van der Waals surface area contributed by atoms with E-state index in [1.54, 1.807) is 0 Å². The van der Waals surface area contributed by atoms with Gasteiger partial charge in [0.1, 0.15) is 0 Å². The van der Waals surface area contributed by atoms with Crippen molar-refractivity contribution in [2.75, 3.05) is 30.4 Å². The molecule has 0 saturated carbocycles. The molecule has 1 aromatic rings. The summed E-state index contributed by atoms with van der Waals surface area (Å²) < 4.78 is 5.54.